The van der Waals surface area contributed by atoms with E-state index in [9.17, 15) is 9.59 Å². The van der Waals surface area contributed by atoms with Gasteiger partial charge >= 0.3 is 11.9 Å². The molecule has 1 aliphatic rings. The molecule has 2 atom stereocenters. The largest absolute Gasteiger partial charge is 0.466 e. The van der Waals surface area contributed by atoms with Crippen LogP contribution < -0.4 is 0 Å². The first kappa shape index (κ1) is 18.1. The fraction of sp³-hybridized carbons (Fsp3) is 0.429. The van der Waals surface area contributed by atoms with Gasteiger partial charge in [-0.3, -0.25) is 0 Å². The molecule has 2 unspecified atom stereocenters. The zero-order chi connectivity index (χ0) is 15.7. The fourth-order valence-electron chi connectivity index (χ4n) is 1.08. The van der Waals surface area contributed by atoms with Gasteiger partial charge in [-0.05, 0) is 0 Å². The summed E-state index contributed by atoms with van der Waals surface area (Å²) in [6.07, 6.45) is 1.02. The maximum absolute atomic E-state index is 10.7. The molecule has 0 bridgehead atoms. The number of hydrogen-bond donors (Lipinski definition) is 1. The number of carbonyl (C=O) groups excluding carboxylic acids is 2. The van der Waals surface area contributed by atoms with E-state index >= 15 is 0 Å². The highest BCUT2D eigenvalue weighted by molar-refractivity contribution is 5.89. The molecule has 6 heteroatoms. The number of carbonyl (C=O) groups is 2. The second-order valence-corrected chi connectivity index (χ2v) is 3.95. The van der Waals surface area contributed by atoms with Crippen LogP contribution in [0.4, 0.5) is 0 Å². The van der Waals surface area contributed by atoms with E-state index in [0.717, 1.165) is 6.61 Å². The van der Waals surface area contributed by atoms with Gasteiger partial charge in [-0.1, -0.05) is 19.2 Å². The zero-order valence-corrected chi connectivity index (χ0v) is 11.8. The topological polar surface area (TPSA) is 85.4 Å². The van der Waals surface area contributed by atoms with Crippen molar-refractivity contribution in [1.82, 2.24) is 0 Å². The molecule has 0 aromatic rings. The van der Waals surface area contributed by atoms with Crippen LogP contribution in [-0.2, 0) is 23.8 Å². The third-order valence-electron chi connectivity index (χ3n) is 2.38. The Morgan fingerprint density at radius 2 is 1.85 bits per heavy atom. The number of hydrogen-bond acceptors (Lipinski definition) is 6. The van der Waals surface area contributed by atoms with Crippen LogP contribution in [0, 0.1) is 0 Å². The lowest BCUT2D eigenvalue weighted by molar-refractivity contribution is -0.137. The predicted octanol–water partition coefficient (Wildman–Crippen LogP) is 0.767. The van der Waals surface area contributed by atoms with Gasteiger partial charge in [-0.15, -0.1) is 6.58 Å². The van der Waals surface area contributed by atoms with Crippen molar-refractivity contribution >= 4 is 11.9 Å². The summed E-state index contributed by atoms with van der Waals surface area (Å²) in [4.78, 5) is 21.3. The van der Waals surface area contributed by atoms with Crippen molar-refractivity contribution in [2.45, 2.75) is 18.6 Å². The van der Waals surface area contributed by atoms with Gasteiger partial charge in [0.25, 0.3) is 0 Å². The number of methoxy groups -OCH3 is 2. The van der Waals surface area contributed by atoms with E-state index in [1.807, 2.05) is 0 Å². The van der Waals surface area contributed by atoms with Crippen LogP contribution in [0.1, 0.15) is 6.42 Å². The number of esters is 2. The van der Waals surface area contributed by atoms with Gasteiger partial charge in [-0.2, -0.15) is 0 Å². The Morgan fingerprint density at radius 3 is 2.20 bits per heavy atom. The minimum Gasteiger partial charge on any atom is -0.466 e. The number of aliphatic hydroxyl groups is 1. The summed E-state index contributed by atoms with van der Waals surface area (Å²) in [5, 5.41) is 8.91. The van der Waals surface area contributed by atoms with Crippen molar-refractivity contribution in [2.24, 2.45) is 0 Å². The highest BCUT2D eigenvalue weighted by atomic mass is 16.6. The summed E-state index contributed by atoms with van der Waals surface area (Å²) in [5.74, 6) is -0.956. The normalized spacial score (nSPS) is 16.9. The van der Waals surface area contributed by atoms with Crippen molar-refractivity contribution in [2.75, 3.05) is 20.8 Å². The summed E-state index contributed by atoms with van der Waals surface area (Å²) in [6, 6.07) is 0. The molecule has 1 saturated heterocycles. The lowest BCUT2D eigenvalue weighted by Crippen LogP contribution is -2.15. The van der Waals surface area contributed by atoms with Crippen molar-refractivity contribution in [3.63, 3.8) is 0 Å². The highest BCUT2D eigenvalue weighted by Crippen LogP contribution is 2.18. The number of rotatable bonds is 6. The van der Waals surface area contributed by atoms with Gasteiger partial charge < -0.3 is 19.3 Å². The SMILES string of the molecule is C=C(CC1CO1)C(=O)OC.C=CC(O)C(=C)C(=O)OC. The van der Waals surface area contributed by atoms with Gasteiger partial charge in [0, 0.05) is 12.0 Å². The molecule has 0 radical (unpaired) electrons. The Morgan fingerprint density at radius 1 is 1.35 bits per heavy atom. The molecule has 0 aromatic heterocycles. The predicted molar refractivity (Wildman–Crippen MR) is 72.9 cm³/mol. The van der Waals surface area contributed by atoms with E-state index < -0.39 is 12.1 Å². The molecule has 0 aromatic carbocycles. The van der Waals surface area contributed by atoms with E-state index in [0.29, 0.717) is 12.0 Å². The Bertz CT molecular complexity index is 394. The standard InChI is InChI=1S/2C7H10O3/c1-5(7(8)9-2)3-6-4-10-6;1-4-6(8)5(2)7(9)10-3/h6H,1,3-4H2,2H3;4,6,8H,1-2H2,3H3. The third-order valence-corrected chi connectivity index (χ3v) is 2.38. The monoisotopic (exact) mass is 284 g/mol. The van der Waals surface area contributed by atoms with Crippen molar-refractivity contribution in [3.05, 3.63) is 37.0 Å². The molecular weight excluding hydrogens is 264 g/mol. The molecule has 1 N–H and O–H groups in total. The summed E-state index contributed by atoms with van der Waals surface area (Å²) in [6.45, 7) is 10.9. The Hall–Kier alpha value is -1.92. The first-order valence-corrected chi connectivity index (χ1v) is 5.82. The number of ether oxygens (including phenoxy) is 3. The molecule has 0 aliphatic carbocycles. The number of epoxide rings is 1. The van der Waals surface area contributed by atoms with E-state index in [1.54, 1.807) is 0 Å². The van der Waals surface area contributed by atoms with E-state index in [2.05, 4.69) is 29.2 Å². The van der Waals surface area contributed by atoms with E-state index in [1.165, 1.54) is 20.3 Å². The molecule has 0 amide bonds. The lowest BCUT2D eigenvalue weighted by atomic mass is 10.2. The van der Waals surface area contributed by atoms with Crippen LogP contribution in [0.5, 0.6) is 0 Å². The average molecular weight is 284 g/mol. The molecule has 112 valence electrons. The second-order valence-electron chi connectivity index (χ2n) is 3.95. The fourth-order valence-corrected chi connectivity index (χ4v) is 1.08. The quantitative estimate of drug-likeness (QED) is 0.335. The molecule has 1 aliphatic heterocycles. The van der Waals surface area contributed by atoms with Gasteiger partial charge in [0.15, 0.2) is 0 Å². The van der Waals surface area contributed by atoms with Crippen LogP contribution in [-0.4, -0.2) is 50.1 Å². The summed E-state index contributed by atoms with van der Waals surface area (Å²) in [5.41, 5.74) is 0.488. The molecule has 0 saturated carbocycles. The van der Waals surface area contributed by atoms with Crippen LogP contribution in [0.3, 0.4) is 0 Å². The van der Waals surface area contributed by atoms with Crippen LogP contribution >= 0.6 is 0 Å². The van der Waals surface area contributed by atoms with Gasteiger partial charge in [0.2, 0.25) is 0 Å². The minimum absolute atomic E-state index is 0.00231. The maximum atomic E-state index is 10.7. The Balaban J connectivity index is 0.000000361. The van der Waals surface area contributed by atoms with E-state index in [4.69, 9.17) is 9.84 Å². The molecule has 1 fully saturated rings. The smallest absolute Gasteiger partial charge is 0.336 e. The molecule has 6 nitrogen and oxygen atoms in total. The lowest BCUT2D eigenvalue weighted by Gasteiger charge is -2.05. The van der Waals surface area contributed by atoms with Crippen LogP contribution in [0.15, 0.2) is 37.0 Å². The van der Waals surface area contributed by atoms with Crippen LogP contribution in [0.25, 0.3) is 0 Å². The zero-order valence-electron chi connectivity index (χ0n) is 11.8. The molecule has 1 rings (SSSR count). The Kier molecular flexibility index (Phi) is 8.19. The van der Waals surface area contributed by atoms with Gasteiger partial charge in [-0.25, -0.2) is 9.59 Å². The summed E-state index contributed by atoms with van der Waals surface area (Å²) >= 11 is 0. The molecule has 1 heterocycles. The van der Waals surface area contributed by atoms with E-state index in [-0.39, 0.29) is 17.6 Å². The average Bonchev–Trinajstić information content (AvgIpc) is 3.28. The molecular formula is C14H20O6. The molecule has 20 heavy (non-hydrogen) atoms. The Labute approximate surface area is 118 Å². The maximum Gasteiger partial charge on any atom is 0.336 e. The minimum atomic E-state index is -1.01. The molecule has 0 spiro atoms. The first-order chi connectivity index (χ1) is 9.37. The highest BCUT2D eigenvalue weighted by Gasteiger charge is 2.25. The summed E-state index contributed by atoms with van der Waals surface area (Å²) in [7, 11) is 2.57. The van der Waals surface area contributed by atoms with Gasteiger partial charge in [0.05, 0.1) is 32.5 Å². The van der Waals surface area contributed by atoms with Crippen molar-refractivity contribution < 1.29 is 28.9 Å². The summed E-state index contributed by atoms with van der Waals surface area (Å²) < 4.78 is 13.6. The van der Waals surface area contributed by atoms with Gasteiger partial charge in [0.1, 0.15) is 6.10 Å². The van der Waals surface area contributed by atoms with Crippen molar-refractivity contribution in [3.8, 4) is 0 Å². The third kappa shape index (κ3) is 6.86. The second kappa shape index (κ2) is 9.06. The van der Waals surface area contributed by atoms with Crippen molar-refractivity contribution in [1.29, 1.82) is 0 Å². The first-order valence-electron chi connectivity index (χ1n) is 5.82. The van der Waals surface area contributed by atoms with Crippen LogP contribution in [0.2, 0.25) is 0 Å². The number of aliphatic hydroxyl groups excluding tert-OH is 1.